The van der Waals surface area contributed by atoms with Crippen molar-refractivity contribution in [3.63, 3.8) is 0 Å². The van der Waals surface area contributed by atoms with E-state index in [-0.39, 0.29) is 17.1 Å². The molecule has 5 nitrogen and oxygen atoms in total. The Bertz CT molecular complexity index is 1280. The molecule has 2 aliphatic carbocycles. The maximum Gasteiger partial charge on any atom is 0.197 e. The number of hydrogen-bond acceptors (Lipinski definition) is 5. The summed E-state index contributed by atoms with van der Waals surface area (Å²) in [5.41, 5.74) is 6.48. The fourth-order valence-electron chi connectivity index (χ4n) is 4.44. The van der Waals surface area contributed by atoms with E-state index in [1.54, 1.807) is 36.5 Å². The third-order valence-corrected chi connectivity index (χ3v) is 5.98. The van der Waals surface area contributed by atoms with Gasteiger partial charge in [-0.15, -0.1) is 0 Å². The Kier molecular flexibility index (Phi) is 3.59. The topological polar surface area (TPSA) is 63.2 Å². The molecule has 3 heterocycles. The summed E-state index contributed by atoms with van der Waals surface area (Å²) in [5, 5.41) is 1.06. The predicted octanol–water partition coefficient (Wildman–Crippen LogP) is 4.17. The normalized spacial score (nSPS) is 17.3. The minimum Gasteiger partial charge on any atom is -0.364 e. The van der Waals surface area contributed by atoms with Crippen molar-refractivity contribution in [3.05, 3.63) is 106 Å². The smallest absolute Gasteiger partial charge is 0.197 e. The highest BCUT2D eigenvalue weighted by Gasteiger charge is 2.33. The van der Waals surface area contributed by atoms with Crippen LogP contribution in [-0.2, 0) is 13.1 Å². The van der Waals surface area contributed by atoms with Crippen molar-refractivity contribution in [3.8, 4) is 0 Å². The first-order valence-electron chi connectivity index (χ1n) is 9.96. The third-order valence-electron chi connectivity index (χ3n) is 5.98. The number of hydrogen-bond donors (Lipinski definition) is 0. The van der Waals surface area contributed by atoms with Crippen LogP contribution in [0.15, 0.2) is 83.7 Å². The molecule has 0 radical (unpaired) electrons. The highest BCUT2D eigenvalue weighted by molar-refractivity contribution is 6.39. The third kappa shape index (κ3) is 2.55. The summed E-state index contributed by atoms with van der Waals surface area (Å²) in [6.07, 6.45) is 8.30. The van der Waals surface area contributed by atoms with Gasteiger partial charge in [0.2, 0.25) is 0 Å². The maximum atomic E-state index is 12.6. The van der Waals surface area contributed by atoms with Gasteiger partial charge in [0.05, 0.1) is 17.8 Å². The number of pyridine rings is 2. The highest BCUT2D eigenvalue weighted by Crippen LogP contribution is 2.34. The number of ketones is 2. The molecule has 0 unspecified atom stereocenters. The van der Waals surface area contributed by atoms with Gasteiger partial charge in [-0.05, 0) is 41.5 Å². The molecule has 0 amide bonds. The van der Waals surface area contributed by atoms with Crippen LogP contribution in [0.3, 0.4) is 0 Å². The van der Waals surface area contributed by atoms with Crippen LogP contribution in [0.25, 0.3) is 11.0 Å². The summed E-state index contributed by atoms with van der Waals surface area (Å²) in [6.45, 7) is 1.55. The second-order valence-electron chi connectivity index (χ2n) is 7.84. The lowest BCUT2D eigenvalue weighted by Gasteiger charge is -2.19. The molecule has 0 bridgehead atoms. The molecule has 0 atom stereocenters. The summed E-state index contributed by atoms with van der Waals surface area (Å²) in [4.78, 5) is 36.7. The second-order valence-corrected chi connectivity index (χ2v) is 7.84. The van der Waals surface area contributed by atoms with Gasteiger partial charge < -0.3 is 4.90 Å². The van der Waals surface area contributed by atoms with Gasteiger partial charge in [-0.1, -0.05) is 30.3 Å². The molecule has 0 spiro atoms. The van der Waals surface area contributed by atoms with E-state index in [4.69, 9.17) is 4.98 Å². The summed E-state index contributed by atoms with van der Waals surface area (Å²) >= 11 is 0. The number of rotatable bonds is 2. The molecule has 1 aliphatic heterocycles. The summed E-state index contributed by atoms with van der Waals surface area (Å²) < 4.78 is 0. The molecule has 0 saturated carbocycles. The molecule has 1 aromatic carbocycles. The van der Waals surface area contributed by atoms with Crippen molar-refractivity contribution in [2.24, 2.45) is 0 Å². The van der Waals surface area contributed by atoms with E-state index in [0.29, 0.717) is 17.5 Å². The minimum absolute atomic E-state index is 0.179. The average molecular weight is 391 g/mol. The van der Waals surface area contributed by atoms with Gasteiger partial charge in [-0.25, -0.2) is 9.97 Å². The number of fused-ring (bicyclic) bond motifs is 3. The van der Waals surface area contributed by atoms with E-state index < -0.39 is 0 Å². The molecular weight excluding hydrogens is 374 g/mol. The lowest BCUT2D eigenvalue weighted by molar-refractivity contribution is 0.0988. The van der Waals surface area contributed by atoms with E-state index in [0.717, 1.165) is 35.4 Å². The maximum absolute atomic E-state index is 12.6. The van der Waals surface area contributed by atoms with Crippen molar-refractivity contribution < 1.29 is 9.59 Å². The molecule has 6 rings (SSSR count). The van der Waals surface area contributed by atoms with Gasteiger partial charge in [0.25, 0.3) is 0 Å². The Morgan fingerprint density at radius 1 is 0.933 bits per heavy atom. The largest absolute Gasteiger partial charge is 0.364 e. The summed E-state index contributed by atoms with van der Waals surface area (Å²) in [6, 6.07) is 13.2. The first-order valence-corrected chi connectivity index (χ1v) is 9.96. The van der Waals surface area contributed by atoms with Crippen LogP contribution in [0.5, 0.6) is 0 Å². The standard InChI is InChI=1S/C25H17N3O2/c29-23-19-5-1-2-6-20(19)24(30)21(23)11-15-7-8-18(10-15)28-13-17-12-16-4-3-9-26-25(16)27-22(17)14-28/h1-9,11-12H,10,13-14H2. The van der Waals surface area contributed by atoms with Crippen molar-refractivity contribution in [2.75, 3.05) is 0 Å². The van der Waals surface area contributed by atoms with Crippen molar-refractivity contribution in [1.82, 2.24) is 14.9 Å². The summed E-state index contributed by atoms with van der Waals surface area (Å²) in [7, 11) is 0. The Morgan fingerprint density at radius 3 is 2.53 bits per heavy atom. The molecule has 0 fully saturated rings. The zero-order valence-electron chi connectivity index (χ0n) is 16.1. The number of benzene rings is 1. The van der Waals surface area contributed by atoms with Crippen LogP contribution in [0.2, 0.25) is 0 Å². The minimum atomic E-state index is -0.179. The lowest BCUT2D eigenvalue weighted by atomic mass is 10.1. The van der Waals surface area contributed by atoms with Gasteiger partial charge >= 0.3 is 0 Å². The van der Waals surface area contributed by atoms with E-state index in [9.17, 15) is 9.59 Å². The van der Waals surface area contributed by atoms with Gasteiger partial charge in [0, 0.05) is 41.4 Å². The number of Topliss-reactive ketones (excluding diaryl/α,β-unsaturated/α-hetero) is 2. The van der Waals surface area contributed by atoms with Gasteiger partial charge in [-0.3, -0.25) is 9.59 Å². The van der Waals surface area contributed by atoms with Crippen LogP contribution in [0, 0.1) is 0 Å². The average Bonchev–Trinajstić information content (AvgIpc) is 3.46. The molecule has 30 heavy (non-hydrogen) atoms. The molecule has 2 aromatic heterocycles. The van der Waals surface area contributed by atoms with Crippen LogP contribution in [0.4, 0.5) is 0 Å². The number of nitrogens with zero attached hydrogens (tertiary/aromatic N) is 3. The molecule has 0 saturated heterocycles. The molecule has 5 heteroatoms. The predicted molar refractivity (Wildman–Crippen MR) is 113 cm³/mol. The van der Waals surface area contributed by atoms with E-state index in [1.807, 2.05) is 18.2 Å². The number of carbonyl (C=O) groups is 2. The van der Waals surface area contributed by atoms with E-state index in [1.165, 1.54) is 11.3 Å². The number of aromatic nitrogens is 2. The first kappa shape index (κ1) is 17.0. The highest BCUT2D eigenvalue weighted by atomic mass is 16.2. The van der Waals surface area contributed by atoms with Gasteiger partial charge in [0.1, 0.15) is 0 Å². The lowest BCUT2D eigenvalue weighted by Crippen LogP contribution is -2.15. The van der Waals surface area contributed by atoms with Crippen LogP contribution >= 0.6 is 0 Å². The van der Waals surface area contributed by atoms with Gasteiger partial charge in [-0.2, -0.15) is 0 Å². The molecule has 0 N–H and O–H groups in total. The van der Waals surface area contributed by atoms with Crippen LogP contribution < -0.4 is 0 Å². The van der Waals surface area contributed by atoms with Crippen LogP contribution in [0.1, 0.15) is 38.4 Å². The zero-order valence-corrected chi connectivity index (χ0v) is 16.1. The van der Waals surface area contributed by atoms with Crippen molar-refractivity contribution in [2.45, 2.75) is 19.5 Å². The Morgan fingerprint density at radius 2 is 1.73 bits per heavy atom. The number of carbonyl (C=O) groups excluding carboxylic acids is 2. The molecule has 144 valence electrons. The quantitative estimate of drug-likeness (QED) is 0.485. The van der Waals surface area contributed by atoms with E-state index in [2.05, 4.69) is 22.0 Å². The first-order chi connectivity index (χ1) is 14.7. The van der Waals surface area contributed by atoms with Gasteiger partial charge in [0.15, 0.2) is 17.2 Å². The van der Waals surface area contributed by atoms with Crippen molar-refractivity contribution in [1.29, 1.82) is 0 Å². The Hall–Kier alpha value is -3.86. The molecular formula is C25H17N3O2. The monoisotopic (exact) mass is 391 g/mol. The zero-order chi connectivity index (χ0) is 20.2. The van der Waals surface area contributed by atoms with E-state index >= 15 is 0 Å². The summed E-state index contributed by atoms with van der Waals surface area (Å²) in [5.74, 6) is -0.358. The van der Waals surface area contributed by atoms with Crippen LogP contribution in [-0.4, -0.2) is 26.4 Å². The fourth-order valence-corrected chi connectivity index (χ4v) is 4.44. The Labute approximate surface area is 173 Å². The SMILES string of the molecule is O=C1C(=CC2=CC=C(N3Cc4cc5cccnc5nc4C3)C2)C(=O)c2ccccc21. The molecule has 3 aliphatic rings. The Balaban J connectivity index is 1.21. The fraction of sp³-hybridized carbons (Fsp3) is 0.120. The molecule has 3 aromatic rings. The van der Waals surface area contributed by atoms with Crippen molar-refractivity contribution >= 4 is 22.6 Å². The number of allylic oxidation sites excluding steroid dienone is 5. The second kappa shape index (κ2) is 6.32.